The molecule has 0 amide bonds. The van der Waals surface area contributed by atoms with Crippen LogP contribution in [0.4, 0.5) is 119 Å². The van der Waals surface area contributed by atoms with E-state index in [1.165, 1.54) is 195 Å². The topological polar surface area (TPSA) is 31.9 Å². The molecule has 9 aliphatic heterocycles. The van der Waals surface area contributed by atoms with Crippen LogP contribution in [0.5, 0.6) is 11.5 Å². The molecule has 0 unspecified atom stereocenters. The van der Waals surface area contributed by atoms with Crippen LogP contribution in [0.1, 0.15) is 316 Å². The van der Waals surface area contributed by atoms with Gasteiger partial charge in [0.15, 0.2) is 11.5 Å². The van der Waals surface area contributed by atoms with E-state index >= 15 is 0 Å². The molecule has 150 heavy (non-hydrogen) atoms. The number of rotatable bonds is 6. The molecule has 0 bridgehead atoms. The minimum atomic E-state index is -0.342. The zero-order valence-corrected chi connectivity index (χ0v) is 96.2. The lowest BCUT2D eigenvalue weighted by molar-refractivity contribution is 0.478. The number of ether oxygens (including phenoxy) is 1. The summed E-state index contributed by atoms with van der Waals surface area (Å²) < 4.78 is 7.89. The van der Waals surface area contributed by atoms with E-state index in [9.17, 15) is 0 Å². The van der Waals surface area contributed by atoms with E-state index in [1.807, 2.05) is 0 Å². The van der Waals surface area contributed by atoms with Gasteiger partial charge in [-0.2, -0.15) is 0 Å². The summed E-state index contributed by atoms with van der Waals surface area (Å²) >= 11 is 0. The average Bonchev–Trinajstić information content (AvgIpc) is 0.658. The molecule has 9 heterocycles. The summed E-state index contributed by atoms with van der Waals surface area (Å²) in [5.74, 6) is 1.72. The van der Waals surface area contributed by atoms with Gasteiger partial charge in [0.05, 0.1) is 11.4 Å². The molecule has 0 spiro atoms. The quantitative estimate of drug-likeness (QED) is 0.152. The highest BCUT2D eigenvalue weighted by atomic mass is 16.5. The third-order valence-corrected chi connectivity index (χ3v) is 34.6. The Kier molecular flexibility index (Phi) is 21.3. The number of nitrogens with zero attached hydrogens (tertiary/aromatic N) is 7. The Labute approximate surface area is 897 Å². The summed E-state index contributed by atoms with van der Waals surface area (Å²) in [5, 5.41) is 0. The minimum Gasteiger partial charge on any atom is -0.453 e. The summed E-state index contributed by atoms with van der Waals surface area (Å²) in [5.41, 5.74) is 52.9. The highest BCUT2D eigenvalue weighted by molar-refractivity contribution is 7.07. The van der Waals surface area contributed by atoms with Crippen LogP contribution in [0.3, 0.4) is 0 Å². The fraction of sp³-hybridized carbons (Fsp3) is 0.348. The number of anilines is 21. The fourth-order valence-electron chi connectivity index (χ4n) is 25.7. The van der Waals surface area contributed by atoms with Gasteiger partial charge in [0.25, 0.3) is 26.9 Å². The Bertz CT molecular complexity index is 7640. The summed E-state index contributed by atoms with van der Waals surface area (Å²) in [6.45, 7) is 85.3. The normalized spacial score (nSPS) is 15.2. The van der Waals surface area contributed by atoms with E-state index in [2.05, 4.69) is 544 Å². The molecule has 8 nitrogen and oxygen atoms in total. The molecule has 9 aliphatic rings. The van der Waals surface area contributed by atoms with Crippen molar-refractivity contribution in [2.24, 2.45) is 0 Å². The zero-order chi connectivity index (χ0) is 107. The van der Waals surface area contributed by atoms with Gasteiger partial charge in [0, 0.05) is 108 Å². The van der Waals surface area contributed by atoms with Crippen LogP contribution in [-0.2, 0) is 65.0 Å². The summed E-state index contributed by atoms with van der Waals surface area (Å²) in [6.07, 6.45) is 0. The van der Waals surface area contributed by atoms with Crippen LogP contribution < -0.4 is 105 Å². The van der Waals surface area contributed by atoms with Crippen molar-refractivity contribution in [3.63, 3.8) is 0 Å². The second kappa shape index (κ2) is 32.3. The Balaban J connectivity index is 0.861. The van der Waals surface area contributed by atoms with E-state index < -0.39 is 0 Å². The van der Waals surface area contributed by atoms with Gasteiger partial charge in [-0.25, -0.2) is 0 Å². The molecule has 0 atom stereocenters. The second-order valence-electron chi connectivity index (χ2n) is 57.7. The molecule has 15 aromatic rings. The third-order valence-electron chi connectivity index (χ3n) is 34.6. The van der Waals surface area contributed by atoms with Gasteiger partial charge >= 0.3 is 0 Å². The molecule has 0 fully saturated rings. The lowest BCUT2D eigenvalue weighted by atomic mass is 9.27. The molecule has 0 radical (unpaired) electrons. The highest BCUT2D eigenvalue weighted by Crippen LogP contribution is 2.61. The van der Waals surface area contributed by atoms with Crippen molar-refractivity contribution in [3.8, 4) is 11.5 Å². The fourth-order valence-corrected chi connectivity index (χ4v) is 25.7. The number of fused-ring (bicyclic) bond motifs is 14. The van der Waals surface area contributed by atoms with Crippen molar-refractivity contribution in [2.75, 3.05) is 34.3 Å². The van der Waals surface area contributed by atoms with Crippen molar-refractivity contribution in [1.29, 1.82) is 0 Å². The molecule has 0 aliphatic carbocycles. The van der Waals surface area contributed by atoms with Crippen molar-refractivity contribution in [2.45, 2.75) is 314 Å². The molecular formula is C138H151B4N7O. The average molecular weight is 1970 g/mol. The second-order valence-corrected chi connectivity index (χ2v) is 57.7. The smallest absolute Gasteiger partial charge is 0.252 e. The maximum atomic E-state index is 7.89. The molecule has 0 saturated heterocycles. The van der Waals surface area contributed by atoms with Gasteiger partial charge in [-0.1, -0.05) is 371 Å². The molecule has 0 N–H and O–H groups in total. The Hall–Kier alpha value is -13.0. The van der Waals surface area contributed by atoms with Crippen LogP contribution in [0.2, 0.25) is 0 Å². The standard InChI is InChI=1S/C138H151B4N7O/c1-127(2,3)80-57-81(128(4,5)6)64-92(63-80)143-106-49-39-37-45-98(106)139-102-75-104-114(77-112(102)145(110-53-43-51-108(143)120(110)139)94-67-84(131(13,14)15)59-85(68-94)132(16,17)18)147(96-71-88(135(25,26)27)61-89(72-96)136(28,29)30)116-79-117-123-126-122(116)141(104)100-47-41-55-118-124(100)149(126)125-101(48-42-56-119(125)150-118)142(123)105-76-103-113(78-115(105)148(117)97-73-90(137(31,32)33)62-91(74-97)138(34,35)36)146(95-69-86(133(19,20)21)60-87(70-95)134(22,23)24)111-54-44-52-109-121(111)140(103)99-46-38-40-50-107(99)144(109)93-65-82(129(7,8)9)58-83(66-93)130(10,11)12/h37-79H,1-36H3. The first-order valence-corrected chi connectivity index (χ1v) is 55.5. The van der Waals surface area contributed by atoms with Crippen molar-refractivity contribution >= 4 is 212 Å². The lowest BCUT2D eigenvalue weighted by Gasteiger charge is -2.53. The molecule has 756 valence electrons. The summed E-state index contributed by atoms with van der Waals surface area (Å²) in [4.78, 5) is 19.2. The van der Waals surface area contributed by atoms with Crippen LogP contribution >= 0.6 is 0 Å². The Morgan fingerprint density at radius 1 is 0.147 bits per heavy atom. The first-order valence-electron chi connectivity index (χ1n) is 55.5. The van der Waals surface area contributed by atoms with E-state index in [0.717, 1.165) is 68.4 Å². The summed E-state index contributed by atoms with van der Waals surface area (Å²) in [6, 6.07) is 107. The number of hydrogen-bond donors (Lipinski definition) is 0. The van der Waals surface area contributed by atoms with E-state index in [4.69, 9.17) is 4.74 Å². The van der Waals surface area contributed by atoms with Gasteiger partial charge in [0.2, 0.25) is 0 Å². The summed E-state index contributed by atoms with van der Waals surface area (Å²) in [7, 11) is 0. The Morgan fingerprint density at radius 3 is 0.567 bits per heavy atom. The van der Waals surface area contributed by atoms with Crippen LogP contribution in [0.15, 0.2) is 261 Å². The first-order chi connectivity index (χ1) is 70.0. The van der Waals surface area contributed by atoms with Crippen molar-refractivity contribution in [1.82, 2.24) is 0 Å². The Morgan fingerprint density at radius 2 is 0.333 bits per heavy atom. The molecule has 0 aromatic heterocycles. The maximum Gasteiger partial charge on any atom is 0.252 e. The van der Waals surface area contributed by atoms with Crippen molar-refractivity contribution < 1.29 is 4.74 Å². The van der Waals surface area contributed by atoms with Gasteiger partial charge in [0.1, 0.15) is 0 Å². The van der Waals surface area contributed by atoms with Gasteiger partial charge in [-0.05, 0) is 337 Å². The number of hydrogen-bond acceptors (Lipinski definition) is 8. The molecular weight excluding hydrogens is 1810 g/mol. The van der Waals surface area contributed by atoms with Crippen LogP contribution in [0.25, 0.3) is 0 Å². The van der Waals surface area contributed by atoms with Gasteiger partial charge in [-0.15, -0.1) is 0 Å². The predicted molar refractivity (Wildman–Crippen MR) is 652 cm³/mol. The van der Waals surface area contributed by atoms with Gasteiger partial charge < -0.3 is 39.0 Å². The maximum absolute atomic E-state index is 7.89. The SMILES string of the molecule is CC(C)(C)c1cc(N2c3ccccc3B3c4cc5c(cc4N(c4cc(C(C)(C)C)cc(C(C)(C)C)c4)c4cccc2c43)N(c2cc(C(C)(C)C)cc(C(C)(C)C)c2)c2cc3c4c6c2B5c2cccc5c2N6c2c(cccc2B4c2cc4c(cc2N3c2cc(C(C)(C)C)cc(C(C)(C)C)c2)N(c2cc(C(C)(C)C)cc(C(C)(C)C)c2)c2cccc3c2B4c2ccccc2N3c2cc(C(C)(C)C)cc(C(C)(C)C)c2)O5)cc(C(C)(C)C)c1. The first kappa shape index (κ1) is 98.9. The van der Waals surface area contributed by atoms with E-state index in [0.29, 0.717) is 0 Å². The van der Waals surface area contributed by atoms with E-state index in [-0.39, 0.29) is 91.8 Å². The monoisotopic (exact) mass is 1970 g/mol. The largest absolute Gasteiger partial charge is 0.453 e. The number of para-hydroxylation sites is 4. The van der Waals surface area contributed by atoms with Crippen molar-refractivity contribution in [3.05, 3.63) is 328 Å². The predicted octanol–water partition coefficient (Wildman–Crippen LogP) is 30.2. The third kappa shape index (κ3) is 15.4. The lowest BCUT2D eigenvalue weighted by Crippen LogP contribution is -2.70. The van der Waals surface area contributed by atoms with Crippen LogP contribution in [-0.4, -0.2) is 26.9 Å². The zero-order valence-electron chi connectivity index (χ0n) is 96.2. The molecule has 0 saturated carbocycles. The minimum absolute atomic E-state index is 0.138. The van der Waals surface area contributed by atoms with E-state index in [1.54, 1.807) is 0 Å². The molecule has 15 aromatic carbocycles. The molecule has 12 heteroatoms. The van der Waals surface area contributed by atoms with Gasteiger partial charge in [-0.3, -0.25) is 0 Å². The highest BCUT2D eigenvalue weighted by Gasteiger charge is 2.58. The number of benzene rings is 15. The molecule has 24 rings (SSSR count). The van der Waals surface area contributed by atoms with Crippen LogP contribution in [0, 0.1) is 0 Å².